The van der Waals surface area contributed by atoms with Crippen LogP contribution in [0.2, 0.25) is 0 Å². The largest absolute Gasteiger partial charge is 0.450 e. The molecule has 9 heteroatoms. The van der Waals surface area contributed by atoms with Crippen molar-refractivity contribution in [2.24, 2.45) is 0 Å². The van der Waals surface area contributed by atoms with Gasteiger partial charge in [-0.25, -0.2) is 9.78 Å². The first-order chi connectivity index (χ1) is 18.5. The number of nitriles is 1. The Labute approximate surface area is 221 Å². The van der Waals surface area contributed by atoms with Crippen molar-refractivity contribution < 1.29 is 19.1 Å². The van der Waals surface area contributed by atoms with Crippen LogP contribution >= 0.6 is 0 Å². The number of benzene rings is 2. The third-order valence-corrected chi connectivity index (χ3v) is 6.25. The molecule has 0 spiro atoms. The summed E-state index contributed by atoms with van der Waals surface area (Å²) in [7, 11) is 0. The maximum atomic E-state index is 13.4. The van der Waals surface area contributed by atoms with Gasteiger partial charge in [-0.2, -0.15) is 5.26 Å². The molecule has 2 aromatic carbocycles. The zero-order valence-electron chi connectivity index (χ0n) is 21.2. The Bertz CT molecular complexity index is 1260. The zero-order chi connectivity index (χ0) is 26.9. The van der Waals surface area contributed by atoms with E-state index in [1.54, 1.807) is 17.9 Å². The number of carbonyl (C=O) groups is 3. The van der Waals surface area contributed by atoms with Gasteiger partial charge in [-0.1, -0.05) is 60.7 Å². The maximum Gasteiger partial charge on any atom is 0.409 e. The lowest BCUT2D eigenvalue weighted by molar-refractivity contribution is -0.134. The molecule has 1 fully saturated rings. The Morgan fingerprint density at radius 1 is 0.921 bits per heavy atom. The highest BCUT2D eigenvalue weighted by Gasteiger charge is 2.31. The molecule has 0 radical (unpaired) electrons. The number of piperazine rings is 1. The Hall–Kier alpha value is -4.71. The van der Waals surface area contributed by atoms with E-state index in [-0.39, 0.29) is 37.7 Å². The molecule has 1 aliphatic rings. The van der Waals surface area contributed by atoms with Crippen LogP contribution < -0.4 is 5.32 Å². The second kappa shape index (κ2) is 12.5. The molecule has 0 aliphatic carbocycles. The fraction of sp³-hybridized carbons (Fsp3) is 0.276. The Morgan fingerprint density at radius 3 is 2.13 bits per heavy atom. The van der Waals surface area contributed by atoms with E-state index >= 15 is 0 Å². The van der Waals surface area contributed by atoms with Crippen molar-refractivity contribution in [1.29, 1.82) is 5.26 Å². The summed E-state index contributed by atoms with van der Waals surface area (Å²) in [5.41, 5.74) is 3.35. The summed E-state index contributed by atoms with van der Waals surface area (Å²) in [6.07, 6.45) is -0.605. The number of amides is 3. The molecule has 0 unspecified atom stereocenters. The molecule has 2 heterocycles. The molecular weight excluding hydrogens is 482 g/mol. The summed E-state index contributed by atoms with van der Waals surface area (Å²) >= 11 is 0. The lowest BCUT2D eigenvalue weighted by Gasteiger charge is -2.35. The molecule has 38 heavy (non-hydrogen) atoms. The topological polar surface area (TPSA) is 116 Å². The van der Waals surface area contributed by atoms with Gasteiger partial charge < -0.3 is 19.9 Å². The normalized spacial score (nSPS) is 13.8. The summed E-state index contributed by atoms with van der Waals surface area (Å²) in [6.45, 7) is 3.22. The van der Waals surface area contributed by atoms with E-state index in [2.05, 4.69) is 10.3 Å². The third-order valence-electron chi connectivity index (χ3n) is 6.25. The van der Waals surface area contributed by atoms with E-state index in [9.17, 15) is 19.6 Å². The summed E-state index contributed by atoms with van der Waals surface area (Å²) in [5.74, 6) is -0.912. The quantitative estimate of drug-likeness (QED) is 0.517. The van der Waals surface area contributed by atoms with Gasteiger partial charge in [0.25, 0.3) is 5.91 Å². The SMILES string of the molecule is CCOC(=O)N1CCN(C(=O)[C@H](CC#N)NC(=O)c2cc(-c3ccccc3)cc(-c3ccccc3)n2)CC1. The summed E-state index contributed by atoms with van der Waals surface area (Å²) in [4.78, 5) is 46.3. The van der Waals surface area contributed by atoms with Gasteiger partial charge >= 0.3 is 6.09 Å². The van der Waals surface area contributed by atoms with Gasteiger partial charge in [0.05, 0.1) is 24.8 Å². The molecular formula is C29H29N5O4. The second-order valence-electron chi connectivity index (χ2n) is 8.76. The molecule has 1 atom stereocenters. The molecule has 3 amide bonds. The molecule has 1 N–H and O–H groups in total. The average Bonchev–Trinajstić information content (AvgIpc) is 2.97. The molecule has 4 rings (SSSR count). The van der Waals surface area contributed by atoms with Crippen LogP contribution in [0.15, 0.2) is 72.8 Å². The van der Waals surface area contributed by atoms with E-state index in [0.29, 0.717) is 18.8 Å². The lowest BCUT2D eigenvalue weighted by atomic mass is 10.0. The summed E-state index contributed by atoms with van der Waals surface area (Å²) in [6, 6.07) is 23.7. The van der Waals surface area contributed by atoms with E-state index in [4.69, 9.17) is 4.74 Å². The first-order valence-electron chi connectivity index (χ1n) is 12.5. The van der Waals surface area contributed by atoms with Crippen LogP contribution in [0, 0.1) is 11.3 Å². The highest BCUT2D eigenvalue weighted by molar-refractivity contribution is 5.97. The fourth-order valence-electron chi connectivity index (χ4n) is 4.27. The molecule has 1 aliphatic heterocycles. The van der Waals surface area contributed by atoms with E-state index in [1.807, 2.05) is 72.8 Å². The standard InChI is InChI=1S/C29H29N5O4/c1-2-38-29(37)34-17-15-33(16-18-34)28(36)24(13-14-30)32-27(35)26-20-23(21-9-5-3-6-10-21)19-25(31-26)22-11-7-4-8-12-22/h3-12,19-20,24H,2,13,15-18H2,1H3,(H,32,35)/t24-/m0/s1. The van der Waals surface area contributed by atoms with Crippen molar-refractivity contribution in [3.63, 3.8) is 0 Å². The van der Waals surface area contributed by atoms with Crippen molar-refractivity contribution in [2.75, 3.05) is 32.8 Å². The molecule has 194 valence electrons. The minimum absolute atomic E-state index is 0.146. The number of ether oxygens (including phenoxy) is 1. The number of nitrogens with zero attached hydrogens (tertiary/aromatic N) is 4. The van der Waals surface area contributed by atoms with Crippen LogP contribution in [-0.4, -0.2) is 71.5 Å². The number of rotatable bonds is 7. The number of nitrogens with one attached hydrogen (secondary N) is 1. The predicted molar refractivity (Wildman–Crippen MR) is 142 cm³/mol. The number of pyridine rings is 1. The zero-order valence-corrected chi connectivity index (χ0v) is 21.2. The molecule has 9 nitrogen and oxygen atoms in total. The first kappa shape index (κ1) is 26.4. The number of hydrogen-bond acceptors (Lipinski definition) is 6. The predicted octanol–water partition coefficient (Wildman–Crippen LogP) is 3.73. The van der Waals surface area contributed by atoms with Crippen LogP contribution in [0.1, 0.15) is 23.8 Å². The van der Waals surface area contributed by atoms with Crippen LogP contribution in [0.3, 0.4) is 0 Å². The number of hydrogen-bond donors (Lipinski definition) is 1. The van der Waals surface area contributed by atoms with Crippen molar-refractivity contribution in [1.82, 2.24) is 20.1 Å². The Morgan fingerprint density at radius 2 is 1.53 bits per heavy atom. The third kappa shape index (κ3) is 6.34. The van der Waals surface area contributed by atoms with Crippen molar-refractivity contribution in [3.05, 3.63) is 78.5 Å². The molecule has 3 aromatic rings. The van der Waals surface area contributed by atoms with E-state index < -0.39 is 18.0 Å². The van der Waals surface area contributed by atoms with E-state index in [0.717, 1.165) is 16.7 Å². The molecule has 1 aromatic heterocycles. The van der Waals surface area contributed by atoms with Crippen LogP contribution in [-0.2, 0) is 9.53 Å². The smallest absolute Gasteiger partial charge is 0.409 e. The monoisotopic (exact) mass is 511 g/mol. The van der Waals surface area contributed by atoms with Gasteiger partial charge in [0, 0.05) is 31.7 Å². The summed E-state index contributed by atoms with van der Waals surface area (Å²) < 4.78 is 5.02. The first-order valence-corrected chi connectivity index (χ1v) is 12.5. The van der Waals surface area contributed by atoms with Gasteiger partial charge in [-0.15, -0.1) is 0 Å². The minimum Gasteiger partial charge on any atom is -0.450 e. The number of aromatic nitrogens is 1. The highest BCUT2D eigenvalue weighted by atomic mass is 16.6. The van der Waals surface area contributed by atoms with E-state index in [1.165, 1.54) is 4.90 Å². The van der Waals surface area contributed by atoms with Gasteiger partial charge in [-0.05, 0) is 30.2 Å². The van der Waals surface area contributed by atoms with Crippen LogP contribution in [0.5, 0.6) is 0 Å². The maximum absolute atomic E-state index is 13.4. The highest BCUT2D eigenvalue weighted by Crippen LogP contribution is 2.26. The Kier molecular flexibility index (Phi) is 8.67. The van der Waals surface area contributed by atoms with Crippen molar-refractivity contribution in [2.45, 2.75) is 19.4 Å². The van der Waals surface area contributed by atoms with Crippen LogP contribution in [0.25, 0.3) is 22.4 Å². The van der Waals surface area contributed by atoms with Crippen molar-refractivity contribution in [3.8, 4) is 28.5 Å². The fourth-order valence-corrected chi connectivity index (χ4v) is 4.27. The second-order valence-corrected chi connectivity index (χ2v) is 8.76. The van der Waals surface area contributed by atoms with Gasteiger partial charge in [-0.3, -0.25) is 9.59 Å². The van der Waals surface area contributed by atoms with Crippen molar-refractivity contribution >= 4 is 17.9 Å². The molecule has 0 saturated carbocycles. The van der Waals surface area contributed by atoms with Crippen LogP contribution in [0.4, 0.5) is 4.79 Å². The van der Waals surface area contributed by atoms with Gasteiger partial charge in [0.2, 0.25) is 5.91 Å². The van der Waals surface area contributed by atoms with Gasteiger partial charge in [0.1, 0.15) is 11.7 Å². The lowest BCUT2D eigenvalue weighted by Crippen LogP contribution is -2.55. The minimum atomic E-state index is -1.04. The Balaban J connectivity index is 1.54. The average molecular weight is 512 g/mol. The molecule has 1 saturated heterocycles. The molecule has 0 bridgehead atoms. The summed E-state index contributed by atoms with van der Waals surface area (Å²) in [5, 5.41) is 12.1. The number of carbonyl (C=O) groups excluding carboxylic acids is 3. The van der Waals surface area contributed by atoms with Gasteiger partial charge in [0.15, 0.2) is 0 Å².